The third-order valence-corrected chi connectivity index (χ3v) is 8.74. The molecule has 2 atom stereocenters. The Kier molecular flexibility index (Phi) is 7.61. The molecule has 1 saturated heterocycles. The van der Waals surface area contributed by atoms with Gasteiger partial charge in [0.1, 0.15) is 4.90 Å². The molecule has 3 aromatic rings. The summed E-state index contributed by atoms with van der Waals surface area (Å²) in [5, 5.41) is 3.89. The van der Waals surface area contributed by atoms with Gasteiger partial charge in [0, 0.05) is 41.2 Å². The standard InChI is InChI=1S/C23H23Cl2N3O4S2/c1-14-12-28(13-15(2)32-14)34(30,31)21-10-17(5-8-20(21)25)22(29)27-23-26-11-19(33-23)9-16-3-6-18(24)7-4-16/h3-8,10-11,14-15H,9,12-13H2,1-2H3,(H,26,27,29). The van der Waals surface area contributed by atoms with Crippen LogP contribution in [0.3, 0.4) is 0 Å². The maximum absolute atomic E-state index is 13.3. The molecule has 180 valence electrons. The monoisotopic (exact) mass is 539 g/mol. The Morgan fingerprint density at radius 3 is 2.50 bits per heavy atom. The van der Waals surface area contributed by atoms with Crippen molar-refractivity contribution >= 4 is 55.6 Å². The number of hydrogen-bond acceptors (Lipinski definition) is 6. The molecule has 1 aliphatic heterocycles. The minimum Gasteiger partial charge on any atom is -0.373 e. The van der Waals surface area contributed by atoms with Crippen LogP contribution in [0.5, 0.6) is 0 Å². The van der Waals surface area contributed by atoms with Gasteiger partial charge in [0.15, 0.2) is 5.13 Å². The minimum absolute atomic E-state index is 0.0582. The summed E-state index contributed by atoms with van der Waals surface area (Å²) in [6.45, 7) is 4.07. The lowest BCUT2D eigenvalue weighted by molar-refractivity contribution is -0.0440. The van der Waals surface area contributed by atoms with Crippen LogP contribution in [0.4, 0.5) is 5.13 Å². The van der Waals surface area contributed by atoms with Gasteiger partial charge < -0.3 is 4.74 Å². The van der Waals surface area contributed by atoms with Crippen LogP contribution in [0.2, 0.25) is 10.0 Å². The lowest BCUT2D eigenvalue weighted by Gasteiger charge is -2.34. The average Bonchev–Trinajstić information content (AvgIpc) is 3.21. The second-order valence-corrected chi connectivity index (χ2v) is 12.0. The summed E-state index contributed by atoms with van der Waals surface area (Å²) in [6, 6.07) is 11.7. The van der Waals surface area contributed by atoms with Crippen molar-refractivity contribution in [3.8, 4) is 0 Å². The van der Waals surface area contributed by atoms with Gasteiger partial charge in [-0.2, -0.15) is 4.31 Å². The van der Waals surface area contributed by atoms with E-state index in [4.69, 9.17) is 27.9 Å². The highest BCUT2D eigenvalue weighted by molar-refractivity contribution is 7.89. The van der Waals surface area contributed by atoms with Crippen molar-refractivity contribution in [2.24, 2.45) is 0 Å². The van der Waals surface area contributed by atoms with E-state index in [1.807, 2.05) is 38.1 Å². The molecule has 4 rings (SSSR count). The van der Waals surface area contributed by atoms with E-state index in [0.29, 0.717) is 16.6 Å². The lowest BCUT2D eigenvalue weighted by Crippen LogP contribution is -2.48. The van der Waals surface area contributed by atoms with Crippen molar-refractivity contribution in [3.63, 3.8) is 0 Å². The summed E-state index contributed by atoms with van der Waals surface area (Å²) in [4.78, 5) is 18.0. The molecule has 0 spiro atoms. The predicted octanol–water partition coefficient (Wildman–Crippen LogP) is 5.09. The van der Waals surface area contributed by atoms with Crippen molar-refractivity contribution in [3.05, 3.63) is 74.7 Å². The number of rotatable bonds is 6. The molecule has 0 bridgehead atoms. The zero-order valence-corrected chi connectivity index (χ0v) is 21.6. The molecule has 0 aliphatic carbocycles. The van der Waals surface area contributed by atoms with Gasteiger partial charge in [0.05, 0.1) is 17.2 Å². The van der Waals surface area contributed by atoms with E-state index in [1.165, 1.54) is 33.8 Å². The first kappa shape index (κ1) is 25.1. The first-order chi connectivity index (χ1) is 16.1. The zero-order valence-electron chi connectivity index (χ0n) is 18.5. The maximum atomic E-state index is 13.3. The first-order valence-corrected chi connectivity index (χ1v) is 13.6. The molecule has 34 heavy (non-hydrogen) atoms. The fraction of sp³-hybridized carbons (Fsp3) is 0.304. The summed E-state index contributed by atoms with van der Waals surface area (Å²) in [5.41, 5.74) is 1.25. The third kappa shape index (κ3) is 5.79. The van der Waals surface area contributed by atoms with Crippen LogP contribution >= 0.6 is 34.5 Å². The van der Waals surface area contributed by atoms with Gasteiger partial charge in [-0.05, 0) is 49.7 Å². The number of aromatic nitrogens is 1. The molecule has 0 saturated carbocycles. The SMILES string of the molecule is CC1CN(S(=O)(=O)c2cc(C(=O)Nc3ncc(Cc4ccc(Cl)cc4)s3)ccc2Cl)CC(C)O1. The zero-order chi connectivity index (χ0) is 24.5. The first-order valence-electron chi connectivity index (χ1n) is 10.6. The van der Waals surface area contributed by atoms with Gasteiger partial charge in [-0.25, -0.2) is 13.4 Å². The van der Waals surface area contributed by atoms with Crippen LogP contribution in [0, 0.1) is 0 Å². The molecule has 7 nitrogen and oxygen atoms in total. The Bertz CT molecular complexity index is 1290. The van der Waals surface area contributed by atoms with Crippen molar-refractivity contribution in [1.29, 1.82) is 0 Å². The number of nitrogens with zero attached hydrogens (tertiary/aromatic N) is 2. The Morgan fingerprint density at radius 2 is 1.82 bits per heavy atom. The van der Waals surface area contributed by atoms with Crippen molar-refractivity contribution < 1.29 is 17.9 Å². The molecule has 1 amide bonds. The second-order valence-electron chi connectivity index (χ2n) is 8.11. The van der Waals surface area contributed by atoms with Gasteiger partial charge in [0.2, 0.25) is 10.0 Å². The lowest BCUT2D eigenvalue weighted by atomic mass is 10.1. The number of sulfonamides is 1. The normalized spacial score (nSPS) is 19.2. The third-order valence-electron chi connectivity index (χ3n) is 5.26. The highest BCUT2D eigenvalue weighted by Crippen LogP contribution is 2.29. The second kappa shape index (κ2) is 10.3. The van der Waals surface area contributed by atoms with E-state index >= 15 is 0 Å². The molecular weight excluding hydrogens is 517 g/mol. The quantitative estimate of drug-likeness (QED) is 0.471. The van der Waals surface area contributed by atoms with Crippen molar-refractivity contribution in [1.82, 2.24) is 9.29 Å². The molecule has 1 aliphatic rings. The molecule has 2 heterocycles. The van der Waals surface area contributed by atoms with Gasteiger partial charge in [-0.1, -0.05) is 35.3 Å². The summed E-state index contributed by atoms with van der Waals surface area (Å²) in [5.74, 6) is -0.468. The van der Waals surface area contributed by atoms with Crippen molar-refractivity contribution in [2.75, 3.05) is 18.4 Å². The van der Waals surface area contributed by atoms with Gasteiger partial charge in [-0.3, -0.25) is 10.1 Å². The number of morpholine rings is 1. The minimum atomic E-state index is -3.90. The number of benzene rings is 2. The number of thiazole rings is 1. The molecule has 2 unspecified atom stereocenters. The molecule has 11 heteroatoms. The number of nitrogens with one attached hydrogen (secondary N) is 1. The van der Waals surface area contributed by atoms with Crippen LogP contribution in [-0.2, 0) is 21.2 Å². The molecule has 1 fully saturated rings. The van der Waals surface area contributed by atoms with Gasteiger partial charge in [0.25, 0.3) is 5.91 Å². The predicted molar refractivity (Wildman–Crippen MR) is 135 cm³/mol. The number of ether oxygens (including phenoxy) is 1. The smallest absolute Gasteiger partial charge is 0.257 e. The highest BCUT2D eigenvalue weighted by Gasteiger charge is 2.34. The molecule has 0 radical (unpaired) electrons. The Balaban J connectivity index is 1.50. The fourth-order valence-corrected chi connectivity index (χ4v) is 6.79. The molecule has 1 N–H and O–H groups in total. The summed E-state index contributed by atoms with van der Waals surface area (Å²) >= 11 is 13.5. The molecule has 1 aromatic heterocycles. The Hall–Kier alpha value is -2.01. The number of anilines is 1. The number of hydrogen-bond donors (Lipinski definition) is 1. The van der Waals surface area contributed by atoms with E-state index in [2.05, 4.69) is 10.3 Å². The van der Waals surface area contributed by atoms with E-state index < -0.39 is 15.9 Å². The summed E-state index contributed by atoms with van der Waals surface area (Å²) < 4.78 is 33.5. The van der Waals surface area contributed by atoms with Crippen LogP contribution in [0.15, 0.2) is 53.6 Å². The van der Waals surface area contributed by atoms with Crippen LogP contribution in [0.25, 0.3) is 0 Å². The van der Waals surface area contributed by atoms with Gasteiger partial charge in [-0.15, -0.1) is 11.3 Å². The van der Waals surface area contributed by atoms with Crippen LogP contribution < -0.4 is 5.32 Å². The number of amides is 1. The molecular formula is C23H23Cl2N3O4S2. The molecule has 2 aromatic carbocycles. The Labute approximate surface area is 212 Å². The van der Waals surface area contributed by atoms with Gasteiger partial charge >= 0.3 is 0 Å². The summed E-state index contributed by atoms with van der Waals surface area (Å²) in [6.07, 6.45) is 1.88. The van der Waals surface area contributed by atoms with E-state index in [0.717, 1.165) is 10.4 Å². The number of carbonyl (C=O) groups excluding carboxylic acids is 1. The largest absolute Gasteiger partial charge is 0.373 e. The van der Waals surface area contributed by atoms with Crippen LogP contribution in [0.1, 0.15) is 34.6 Å². The highest BCUT2D eigenvalue weighted by atomic mass is 35.5. The maximum Gasteiger partial charge on any atom is 0.257 e. The van der Waals surface area contributed by atoms with E-state index in [9.17, 15) is 13.2 Å². The van der Waals surface area contributed by atoms with Crippen molar-refractivity contribution in [2.45, 2.75) is 37.4 Å². The van der Waals surface area contributed by atoms with Crippen LogP contribution in [-0.4, -0.2) is 48.9 Å². The topological polar surface area (TPSA) is 88.6 Å². The average molecular weight is 540 g/mol. The summed E-state index contributed by atoms with van der Waals surface area (Å²) in [7, 11) is -3.90. The number of carbonyl (C=O) groups is 1. The Morgan fingerprint density at radius 1 is 1.15 bits per heavy atom. The fourth-order valence-electron chi connectivity index (χ4n) is 3.73. The number of halogens is 2. The van der Waals surface area contributed by atoms with E-state index in [1.54, 1.807) is 6.20 Å². The van der Waals surface area contributed by atoms with E-state index in [-0.39, 0.29) is 40.8 Å².